The molecule has 7 heteroatoms. The number of anilines is 1. The fraction of sp³-hybridized carbons (Fsp3) is 0.242. The third kappa shape index (κ3) is 5.51. The fourth-order valence-electron chi connectivity index (χ4n) is 5.15. The van der Waals surface area contributed by atoms with Gasteiger partial charge in [-0.05, 0) is 90.2 Å². The van der Waals surface area contributed by atoms with Crippen molar-refractivity contribution in [1.29, 1.82) is 0 Å². The van der Waals surface area contributed by atoms with Crippen molar-refractivity contribution in [2.45, 2.75) is 38.5 Å². The normalized spacial score (nSPS) is 15.5. The molecule has 0 bridgehead atoms. The molecule has 40 heavy (non-hydrogen) atoms. The van der Waals surface area contributed by atoms with Crippen molar-refractivity contribution in [2.24, 2.45) is 0 Å². The van der Waals surface area contributed by atoms with Crippen LogP contribution in [0, 0.1) is 0 Å². The Balaban J connectivity index is 1.57. The van der Waals surface area contributed by atoms with Crippen LogP contribution in [-0.4, -0.2) is 31.3 Å². The van der Waals surface area contributed by atoms with E-state index in [9.17, 15) is 9.90 Å². The van der Waals surface area contributed by atoms with Crippen molar-refractivity contribution in [3.05, 3.63) is 118 Å². The molecule has 0 fully saturated rings. The monoisotopic (exact) mass is 557 g/mol. The number of aliphatic hydroxyl groups is 1. The lowest BCUT2D eigenvalue weighted by atomic mass is 9.86. The van der Waals surface area contributed by atoms with Gasteiger partial charge >= 0.3 is 0 Å². The molecule has 5 rings (SSSR count). The molecule has 0 saturated carbocycles. The summed E-state index contributed by atoms with van der Waals surface area (Å²) >= 11 is 6.22. The van der Waals surface area contributed by atoms with Crippen LogP contribution in [0.5, 0.6) is 17.2 Å². The van der Waals surface area contributed by atoms with Gasteiger partial charge in [-0.2, -0.15) is 0 Å². The number of methoxy groups -OCH3 is 2. The maximum atomic E-state index is 13.7. The zero-order chi connectivity index (χ0) is 28.4. The molecule has 6 nitrogen and oxygen atoms in total. The van der Waals surface area contributed by atoms with Crippen molar-refractivity contribution in [1.82, 2.24) is 0 Å². The molecule has 1 N–H and O–H groups in total. The molecular weight excluding hydrogens is 526 g/mol. The van der Waals surface area contributed by atoms with Gasteiger partial charge in [-0.25, -0.2) is 0 Å². The van der Waals surface area contributed by atoms with E-state index < -0.39 is 12.1 Å². The highest BCUT2D eigenvalue weighted by molar-refractivity contribution is 6.30. The summed E-state index contributed by atoms with van der Waals surface area (Å²) in [7, 11) is 3.20. The summed E-state index contributed by atoms with van der Waals surface area (Å²) in [6.07, 6.45) is -0.672. The Morgan fingerprint density at radius 2 is 1.60 bits per heavy atom. The van der Waals surface area contributed by atoms with E-state index in [2.05, 4.69) is 0 Å². The Morgan fingerprint density at radius 1 is 0.875 bits per heavy atom. The number of nitrogens with zero attached hydrogens (tertiary/aromatic N) is 1. The molecule has 0 radical (unpaired) electrons. The Labute approximate surface area is 239 Å². The van der Waals surface area contributed by atoms with E-state index in [1.807, 2.05) is 98.8 Å². The Bertz CT molecular complexity index is 1500. The van der Waals surface area contributed by atoms with Crippen molar-refractivity contribution >= 4 is 23.2 Å². The van der Waals surface area contributed by atoms with Gasteiger partial charge in [0.15, 0.2) is 11.5 Å². The standard InChI is InChI=1S/C33H32ClNO5/c1-20(2)40-30-19-28-24(17-29(30)39-4)18-31(36)35(32(28)21-8-12-25(34)13-9-21)26-14-10-22(11-15-26)33(37)23-6-5-7-27(16-23)38-3/h5-17,19-20,32-33,37H,18H2,1-4H3/t32-,33?/m0/s1. The molecule has 2 atom stereocenters. The summed E-state index contributed by atoms with van der Waals surface area (Å²) in [5.74, 6) is 1.85. The highest BCUT2D eigenvalue weighted by atomic mass is 35.5. The Morgan fingerprint density at radius 3 is 2.25 bits per heavy atom. The van der Waals surface area contributed by atoms with Crippen LogP contribution < -0.4 is 19.1 Å². The van der Waals surface area contributed by atoms with Gasteiger partial charge in [0.05, 0.1) is 32.8 Å². The zero-order valence-corrected chi connectivity index (χ0v) is 23.7. The topological polar surface area (TPSA) is 68.2 Å². The van der Waals surface area contributed by atoms with E-state index in [1.165, 1.54) is 0 Å². The first-order chi connectivity index (χ1) is 19.3. The zero-order valence-electron chi connectivity index (χ0n) is 22.9. The molecule has 206 valence electrons. The third-order valence-electron chi connectivity index (χ3n) is 7.03. The van der Waals surface area contributed by atoms with Crippen LogP contribution in [0.4, 0.5) is 5.69 Å². The highest BCUT2D eigenvalue weighted by Crippen LogP contribution is 2.44. The second kappa shape index (κ2) is 11.6. The number of carbonyl (C=O) groups excluding carboxylic acids is 1. The first-order valence-corrected chi connectivity index (χ1v) is 13.5. The summed E-state index contributed by atoms with van der Waals surface area (Å²) in [6, 6.07) is 25.8. The van der Waals surface area contributed by atoms with Crippen LogP contribution in [0.2, 0.25) is 5.02 Å². The van der Waals surface area contributed by atoms with E-state index in [1.54, 1.807) is 19.1 Å². The highest BCUT2D eigenvalue weighted by Gasteiger charge is 2.36. The number of benzene rings is 4. The van der Waals surface area contributed by atoms with Gasteiger partial charge < -0.3 is 24.2 Å². The minimum absolute atomic E-state index is 0.0480. The first-order valence-electron chi connectivity index (χ1n) is 13.2. The van der Waals surface area contributed by atoms with Gasteiger partial charge in [-0.1, -0.05) is 48.0 Å². The molecule has 4 aromatic carbocycles. The van der Waals surface area contributed by atoms with Gasteiger partial charge in [0.1, 0.15) is 11.9 Å². The average molecular weight is 558 g/mol. The van der Waals surface area contributed by atoms with E-state index in [4.69, 9.17) is 25.8 Å². The number of hydrogen-bond acceptors (Lipinski definition) is 5. The first kappa shape index (κ1) is 27.6. The molecule has 1 amide bonds. The number of hydrogen-bond donors (Lipinski definition) is 1. The van der Waals surface area contributed by atoms with Gasteiger partial charge in [-0.3, -0.25) is 4.79 Å². The molecule has 0 spiro atoms. The van der Waals surface area contributed by atoms with E-state index in [-0.39, 0.29) is 18.4 Å². The molecule has 1 aliphatic rings. The predicted molar refractivity (Wildman–Crippen MR) is 157 cm³/mol. The van der Waals surface area contributed by atoms with Crippen molar-refractivity contribution < 1.29 is 24.1 Å². The lowest BCUT2D eigenvalue weighted by Gasteiger charge is -2.38. The third-order valence-corrected chi connectivity index (χ3v) is 7.29. The van der Waals surface area contributed by atoms with E-state index in [0.717, 1.165) is 27.9 Å². The van der Waals surface area contributed by atoms with Crippen molar-refractivity contribution in [3.63, 3.8) is 0 Å². The fourth-order valence-corrected chi connectivity index (χ4v) is 5.28. The molecule has 1 unspecified atom stereocenters. The SMILES string of the molecule is COc1cccc(C(O)c2ccc(N3C(=O)Cc4cc(OC)c(OC(C)C)cc4[C@@H]3c3ccc(Cl)cc3)cc2)c1. The van der Waals surface area contributed by atoms with Crippen molar-refractivity contribution in [3.8, 4) is 17.2 Å². The van der Waals surface area contributed by atoms with Gasteiger partial charge in [0.25, 0.3) is 0 Å². The summed E-state index contributed by atoms with van der Waals surface area (Å²) in [6.45, 7) is 3.93. The minimum atomic E-state index is -0.836. The van der Waals surface area contributed by atoms with E-state index >= 15 is 0 Å². The van der Waals surface area contributed by atoms with Gasteiger partial charge in [0, 0.05) is 10.7 Å². The minimum Gasteiger partial charge on any atom is -0.497 e. The molecule has 4 aromatic rings. The summed E-state index contributed by atoms with van der Waals surface area (Å²) in [5.41, 5.74) is 4.92. The smallest absolute Gasteiger partial charge is 0.232 e. The largest absolute Gasteiger partial charge is 0.497 e. The number of halogens is 1. The van der Waals surface area contributed by atoms with E-state index in [0.29, 0.717) is 27.8 Å². The number of carbonyl (C=O) groups is 1. The number of fused-ring (bicyclic) bond motifs is 1. The predicted octanol–water partition coefficient (Wildman–Crippen LogP) is 6.90. The molecule has 0 saturated heterocycles. The van der Waals surface area contributed by atoms with Crippen LogP contribution in [0.3, 0.4) is 0 Å². The number of ether oxygens (including phenoxy) is 3. The molecule has 1 heterocycles. The molecule has 0 aromatic heterocycles. The maximum absolute atomic E-state index is 13.7. The second-order valence-electron chi connectivity index (χ2n) is 10.0. The van der Waals surface area contributed by atoms with Gasteiger partial charge in [-0.15, -0.1) is 0 Å². The Hall–Kier alpha value is -4.00. The van der Waals surface area contributed by atoms with Crippen LogP contribution >= 0.6 is 11.6 Å². The van der Waals surface area contributed by atoms with Gasteiger partial charge in [0.2, 0.25) is 5.91 Å². The second-order valence-corrected chi connectivity index (χ2v) is 10.5. The average Bonchev–Trinajstić information content (AvgIpc) is 2.96. The van der Waals surface area contributed by atoms with Crippen LogP contribution in [0.25, 0.3) is 0 Å². The Kier molecular flexibility index (Phi) is 8.01. The molecule has 0 aliphatic carbocycles. The summed E-state index contributed by atoms with van der Waals surface area (Å²) in [4.78, 5) is 15.6. The summed E-state index contributed by atoms with van der Waals surface area (Å²) in [5, 5.41) is 11.6. The van der Waals surface area contributed by atoms with Crippen LogP contribution in [0.1, 0.15) is 53.8 Å². The molecule has 1 aliphatic heterocycles. The molecular formula is C33H32ClNO5. The number of rotatable bonds is 8. The maximum Gasteiger partial charge on any atom is 0.232 e. The van der Waals surface area contributed by atoms with Crippen LogP contribution in [-0.2, 0) is 11.2 Å². The number of amides is 1. The lowest BCUT2D eigenvalue weighted by Crippen LogP contribution is -2.41. The lowest BCUT2D eigenvalue weighted by molar-refractivity contribution is -0.118. The quantitative estimate of drug-likeness (QED) is 0.255. The van der Waals surface area contributed by atoms with Crippen LogP contribution in [0.15, 0.2) is 84.9 Å². The summed E-state index contributed by atoms with van der Waals surface area (Å²) < 4.78 is 17.0. The number of aliphatic hydroxyl groups excluding tert-OH is 1. The van der Waals surface area contributed by atoms with Crippen molar-refractivity contribution in [2.75, 3.05) is 19.1 Å².